The maximum Gasteiger partial charge on any atom is 2.00 e. The number of nitrogens with zero attached hydrogens (tertiary/aromatic N) is 2. The van der Waals surface area contributed by atoms with Crippen molar-refractivity contribution in [3.05, 3.63) is 17.4 Å². The summed E-state index contributed by atoms with van der Waals surface area (Å²) in [7, 11) is -0.0166. The second-order valence-corrected chi connectivity index (χ2v) is 18.7. The van der Waals surface area contributed by atoms with Gasteiger partial charge in [-0.3, -0.25) is 4.79 Å². The Bertz CT molecular complexity index is 402. The molecule has 0 saturated heterocycles. The van der Waals surface area contributed by atoms with Crippen molar-refractivity contribution in [2.45, 2.75) is 104 Å². The van der Waals surface area contributed by atoms with Crippen molar-refractivity contribution in [3.8, 4) is 0 Å². The quantitative estimate of drug-likeness (QED) is 0.0671. The van der Waals surface area contributed by atoms with Gasteiger partial charge in [0.15, 0.2) is 0 Å². The first-order chi connectivity index (χ1) is 12.4. The van der Waals surface area contributed by atoms with Crippen LogP contribution in [0.3, 0.4) is 0 Å². The second-order valence-electron chi connectivity index (χ2n) is 10.7. The maximum absolute atomic E-state index is 8.24. The van der Waals surface area contributed by atoms with Gasteiger partial charge in [0.05, 0.1) is 0 Å². The van der Waals surface area contributed by atoms with E-state index >= 15 is 0 Å². The van der Waals surface area contributed by atoms with Crippen molar-refractivity contribution in [2.24, 2.45) is 0 Å². The van der Waals surface area contributed by atoms with E-state index in [4.69, 9.17) is 20.2 Å². The molecule has 0 spiro atoms. The Balaban J connectivity index is -0.000000473. The van der Waals surface area contributed by atoms with Crippen LogP contribution in [0.25, 0.3) is 10.7 Å². The third-order valence-electron chi connectivity index (χ3n) is 4.20. The van der Waals surface area contributed by atoms with Gasteiger partial charge in [0.1, 0.15) is 0 Å². The molecule has 0 rings (SSSR count). The van der Waals surface area contributed by atoms with Crippen molar-refractivity contribution < 1.29 is 28.9 Å². The van der Waals surface area contributed by atoms with Gasteiger partial charge in [-0.05, 0) is 26.7 Å². The van der Waals surface area contributed by atoms with E-state index in [2.05, 4.69) is 89.7 Å². The summed E-state index contributed by atoms with van der Waals surface area (Å²) >= 11 is 0. The van der Waals surface area contributed by atoms with Gasteiger partial charge in [0, 0.05) is 0 Å². The molecule has 0 bridgehead atoms. The summed E-state index contributed by atoms with van der Waals surface area (Å²) in [5.41, 5.74) is 0. The van der Waals surface area contributed by atoms with Gasteiger partial charge in [0.2, 0.25) is 0 Å². The van der Waals surface area contributed by atoms with Gasteiger partial charge in [-0.15, -0.1) is 13.1 Å². The average Bonchev–Trinajstić information content (AvgIpc) is 2.43. The van der Waals surface area contributed by atoms with Crippen LogP contribution >= 0.6 is 15.8 Å². The molecule has 0 atom stereocenters. The summed E-state index contributed by atoms with van der Waals surface area (Å²) in [5.74, 6) is 0. The van der Waals surface area contributed by atoms with Crippen LogP contribution < -0.4 is 0 Å². The first kappa shape index (κ1) is 36.9. The van der Waals surface area contributed by atoms with Gasteiger partial charge in [-0.2, -0.15) is 0 Å². The van der Waals surface area contributed by atoms with E-state index in [0.29, 0.717) is 26.7 Å². The summed E-state index contributed by atoms with van der Waals surface area (Å²) in [6.07, 6.45) is 3.07. The van der Waals surface area contributed by atoms with Crippen LogP contribution in [0.2, 0.25) is 0 Å². The molecular formula is C22H44N2O2P2Ru. The zero-order chi connectivity index (χ0) is 23.4. The smallest absolute Gasteiger partial charge is 0.724 e. The van der Waals surface area contributed by atoms with Crippen LogP contribution in [0, 0.1) is 6.65 Å². The third kappa shape index (κ3) is 19.0. The molecule has 0 aromatic carbocycles. The normalized spacial score (nSPS) is 12.1. The van der Waals surface area contributed by atoms with Gasteiger partial charge >= 0.3 is 30.8 Å². The summed E-state index contributed by atoms with van der Waals surface area (Å²) < 4.78 is 7.50. The molecule has 7 heteroatoms. The van der Waals surface area contributed by atoms with E-state index in [1.165, 1.54) is 12.3 Å². The Hall–Kier alpha value is 0.563. The monoisotopic (exact) mass is 532 g/mol. The minimum Gasteiger partial charge on any atom is -0.724 e. The molecule has 0 aromatic heterocycles. The van der Waals surface area contributed by atoms with E-state index in [9.17, 15) is 0 Å². The number of isocyanates is 1. The number of carbonyl (C=O) groups excluding carboxylic acids is 1. The van der Waals surface area contributed by atoms with Crippen LogP contribution in [-0.4, -0.2) is 52.1 Å². The van der Waals surface area contributed by atoms with Crippen LogP contribution in [-0.2, 0) is 28.9 Å². The van der Waals surface area contributed by atoms with Crippen molar-refractivity contribution in [2.75, 3.05) is 25.4 Å². The van der Waals surface area contributed by atoms with Gasteiger partial charge in [0.25, 0.3) is 0 Å². The third-order valence-corrected chi connectivity index (χ3v) is 12.0. The summed E-state index contributed by atoms with van der Waals surface area (Å²) in [4.78, 5) is 8.24. The zero-order valence-corrected chi connectivity index (χ0v) is 24.3. The predicted molar refractivity (Wildman–Crippen MR) is 129 cm³/mol. The fourth-order valence-electron chi connectivity index (χ4n) is 3.81. The Morgan fingerprint density at radius 1 is 0.724 bits per heavy atom. The average molecular weight is 532 g/mol. The van der Waals surface area contributed by atoms with E-state index in [1.807, 2.05) is 0 Å². The standard InChI is InChI=1S/C20H44NP2.CNO.CO.Ru/c1-17(2,3)22(18(4,5)6)15-13-21-14-16-23(19(7,8)9)20(10,11)12;2-1-3;1-2;/h13-16H2,1-12H3;;;/q2*-1;;+2. The largest absolute Gasteiger partial charge is 2.00 e. The number of hydrogen-bond donors (Lipinski definition) is 0. The summed E-state index contributed by atoms with van der Waals surface area (Å²) in [6.45, 7) is 35.5. The fraction of sp³-hybridized carbons (Fsp3) is 0.909. The van der Waals surface area contributed by atoms with Gasteiger partial charge < -0.3 is 10.7 Å². The molecule has 4 nitrogen and oxygen atoms in total. The molecule has 0 amide bonds. The van der Waals surface area contributed by atoms with Crippen molar-refractivity contribution in [3.63, 3.8) is 0 Å². The molecule has 172 valence electrons. The topological polar surface area (TPSA) is 73.4 Å². The van der Waals surface area contributed by atoms with E-state index in [-0.39, 0.29) is 35.3 Å². The van der Waals surface area contributed by atoms with Gasteiger partial charge in [-0.1, -0.05) is 111 Å². The van der Waals surface area contributed by atoms with Crippen molar-refractivity contribution in [1.82, 2.24) is 0 Å². The fourth-order valence-corrected chi connectivity index (χ4v) is 11.2. The van der Waals surface area contributed by atoms with E-state index in [1.54, 1.807) is 0 Å². The zero-order valence-electron chi connectivity index (χ0n) is 20.8. The molecule has 0 aliphatic carbocycles. The Kier molecular flexibility index (Phi) is 20.7. The van der Waals surface area contributed by atoms with Crippen LogP contribution in [0.15, 0.2) is 0 Å². The first-order valence-corrected chi connectivity index (χ1v) is 12.8. The molecule has 0 aliphatic heterocycles. The minimum atomic E-state index is -0.00830. The Morgan fingerprint density at radius 3 is 1.03 bits per heavy atom. The van der Waals surface area contributed by atoms with Crippen LogP contribution in [0.1, 0.15) is 83.1 Å². The summed E-state index contributed by atoms with van der Waals surface area (Å²) in [6, 6.07) is 0. The summed E-state index contributed by atoms with van der Waals surface area (Å²) in [5, 5.41) is 13.4. The molecule has 0 heterocycles. The van der Waals surface area contributed by atoms with Crippen LogP contribution in [0.4, 0.5) is 0 Å². The predicted octanol–water partition coefficient (Wildman–Crippen LogP) is 7.37. The molecular weight excluding hydrogens is 487 g/mol. The molecule has 0 N–H and O–H groups in total. The van der Waals surface area contributed by atoms with Crippen molar-refractivity contribution >= 4 is 21.9 Å². The van der Waals surface area contributed by atoms with E-state index < -0.39 is 0 Å². The maximum atomic E-state index is 8.24. The van der Waals surface area contributed by atoms with Crippen molar-refractivity contribution in [1.29, 1.82) is 0 Å². The molecule has 0 fully saturated rings. The minimum absolute atomic E-state index is 0. The molecule has 0 aromatic rings. The Labute approximate surface area is 197 Å². The molecule has 29 heavy (non-hydrogen) atoms. The molecule has 0 aliphatic rings. The molecule has 0 radical (unpaired) electrons. The number of hydrogen-bond acceptors (Lipinski definition) is 1. The second kappa shape index (κ2) is 16.2. The van der Waals surface area contributed by atoms with Crippen LogP contribution in [0.5, 0.6) is 0 Å². The van der Waals surface area contributed by atoms with E-state index in [0.717, 1.165) is 13.1 Å². The number of rotatable bonds is 6. The SMILES string of the molecule is CC(C)(C)P(CC[N-]CCP(C(C)(C)C)C(C)(C)C)C(C)(C)C.[C-]#[O+].[N-]=C=O.[Ru+2]. The Morgan fingerprint density at radius 2 is 0.897 bits per heavy atom. The first-order valence-electron chi connectivity index (χ1n) is 9.79. The molecule has 0 unspecified atom stereocenters. The molecule has 0 saturated carbocycles. The van der Waals surface area contributed by atoms with Gasteiger partial charge in [-0.25, -0.2) is 0 Å².